The molecule has 0 N–H and O–H groups in total. The van der Waals surface area contributed by atoms with Gasteiger partial charge in [0.15, 0.2) is 0 Å². The lowest BCUT2D eigenvalue weighted by molar-refractivity contribution is 0.154. The molecule has 0 saturated carbocycles. The molecule has 0 atom stereocenters. The molecule has 2 nitrogen and oxygen atoms in total. The van der Waals surface area contributed by atoms with Crippen LogP contribution < -0.4 is 0 Å². The Morgan fingerprint density at radius 3 is 2.25 bits per heavy atom. The number of hydrogen-bond donors (Lipinski definition) is 1. The second-order valence-electron chi connectivity index (χ2n) is 5.37. The summed E-state index contributed by atoms with van der Waals surface area (Å²) in [6, 6.07) is 0. The molecule has 3 heteroatoms. The molecule has 0 unspecified atom stereocenters. The molecule has 16 heavy (non-hydrogen) atoms. The molecule has 2 saturated heterocycles. The summed E-state index contributed by atoms with van der Waals surface area (Å²) in [7, 11) is 0. The van der Waals surface area contributed by atoms with Gasteiger partial charge < -0.3 is 9.80 Å². The third kappa shape index (κ3) is 3.94. The summed E-state index contributed by atoms with van der Waals surface area (Å²) in [4.78, 5) is 5.30. The minimum absolute atomic E-state index is 0.977. The van der Waals surface area contributed by atoms with E-state index in [1.807, 2.05) is 0 Å². The van der Waals surface area contributed by atoms with Gasteiger partial charge in [0, 0.05) is 6.54 Å². The van der Waals surface area contributed by atoms with Gasteiger partial charge in [0.2, 0.25) is 0 Å². The van der Waals surface area contributed by atoms with E-state index in [2.05, 4.69) is 22.4 Å². The lowest BCUT2D eigenvalue weighted by Crippen LogP contribution is -2.38. The van der Waals surface area contributed by atoms with E-state index in [4.69, 9.17) is 0 Å². The molecule has 94 valence electrons. The van der Waals surface area contributed by atoms with Crippen molar-refractivity contribution in [3.63, 3.8) is 0 Å². The molecule has 2 aliphatic heterocycles. The van der Waals surface area contributed by atoms with Gasteiger partial charge in [0.25, 0.3) is 0 Å². The first-order chi connectivity index (χ1) is 7.88. The summed E-state index contributed by atoms with van der Waals surface area (Å²) >= 11 is 4.28. The summed E-state index contributed by atoms with van der Waals surface area (Å²) in [6.07, 6.45) is 6.95. The molecule has 0 aliphatic carbocycles. The fourth-order valence-electron chi connectivity index (χ4n) is 3.02. The summed E-state index contributed by atoms with van der Waals surface area (Å²) in [5.41, 5.74) is 0. The van der Waals surface area contributed by atoms with Crippen LogP contribution in [0.3, 0.4) is 0 Å². The summed E-state index contributed by atoms with van der Waals surface area (Å²) in [5, 5.41) is 0. The van der Waals surface area contributed by atoms with Crippen LogP contribution in [0.5, 0.6) is 0 Å². The minimum atomic E-state index is 0.977. The Hall–Kier alpha value is 0.270. The van der Waals surface area contributed by atoms with Crippen molar-refractivity contribution < 1.29 is 0 Å². The first kappa shape index (κ1) is 12.7. The zero-order valence-electron chi connectivity index (χ0n) is 10.4. The maximum Gasteiger partial charge on any atom is 0.00106 e. The van der Waals surface area contributed by atoms with Crippen LogP contribution in [-0.4, -0.2) is 54.8 Å². The molecule has 0 spiro atoms. The van der Waals surface area contributed by atoms with Gasteiger partial charge in [-0.2, -0.15) is 12.6 Å². The Balaban J connectivity index is 1.60. The van der Waals surface area contributed by atoms with E-state index in [9.17, 15) is 0 Å². The average Bonchev–Trinajstić information content (AvgIpc) is 2.81. The Morgan fingerprint density at radius 1 is 0.938 bits per heavy atom. The first-order valence-corrected chi connectivity index (χ1v) is 7.57. The van der Waals surface area contributed by atoms with Gasteiger partial charge in [-0.15, -0.1) is 0 Å². The lowest BCUT2D eigenvalue weighted by Gasteiger charge is -2.33. The third-order valence-corrected chi connectivity index (χ3v) is 4.37. The molecule has 0 bridgehead atoms. The summed E-state index contributed by atoms with van der Waals surface area (Å²) in [5.74, 6) is 2.01. The van der Waals surface area contributed by atoms with Crippen molar-refractivity contribution in [3.05, 3.63) is 0 Å². The van der Waals surface area contributed by atoms with Gasteiger partial charge in [-0.1, -0.05) is 0 Å². The Bertz CT molecular complexity index is 184. The second-order valence-corrected chi connectivity index (χ2v) is 5.82. The van der Waals surface area contributed by atoms with Crippen molar-refractivity contribution >= 4 is 12.6 Å². The van der Waals surface area contributed by atoms with E-state index in [1.54, 1.807) is 0 Å². The van der Waals surface area contributed by atoms with Gasteiger partial charge in [0.05, 0.1) is 0 Å². The molecule has 2 heterocycles. The molecule has 2 fully saturated rings. The molecule has 0 aromatic rings. The largest absolute Gasteiger partial charge is 0.303 e. The zero-order chi connectivity index (χ0) is 11.2. The highest BCUT2D eigenvalue weighted by atomic mass is 32.1. The van der Waals surface area contributed by atoms with Gasteiger partial charge >= 0.3 is 0 Å². The molecular weight excluding hydrogens is 216 g/mol. The van der Waals surface area contributed by atoms with Crippen LogP contribution in [0.25, 0.3) is 0 Å². The number of rotatable bonds is 5. The third-order valence-electron chi connectivity index (χ3n) is 4.05. The smallest absolute Gasteiger partial charge is 0.00106 e. The highest BCUT2D eigenvalue weighted by Gasteiger charge is 2.22. The van der Waals surface area contributed by atoms with Crippen molar-refractivity contribution in [2.24, 2.45) is 5.92 Å². The van der Waals surface area contributed by atoms with E-state index in [0.717, 1.165) is 11.7 Å². The number of nitrogens with zero attached hydrogens (tertiary/aromatic N) is 2. The average molecular weight is 242 g/mol. The van der Waals surface area contributed by atoms with Crippen LogP contribution in [0.2, 0.25) is 0 Å². The van der Waals surface area contributed by atoms with E-state index in [-0.39, 0.29) is 0 Å². The quantitative estimate of drug-likeness (QED) is 0.738. The minimum Gasteiger partial charge on any atom is -0.303 e. The first-order valence-electron chi connectivity index (χ1n) is 6.94. The predicted molar refractivity (Wildman–Crippen MR) is 73.3 cm³/mol. The summed E-state index contributed by atoms with van der Waals surface area (Å²) < 4.78 is 0. The van der Waals surface area contributed by atoms with E-state index in [1.165, 1.54) is 71.4 Å². The van der Waals surface area contributed by atoms with Crippen LogP contribution in [0.1, 0.15) is 32.1 Å². The Labute approximate surface area is 106 Å². The maximum atomic E-state index is 4.28. The number of likely N-dealkylation sites (tertiary alicyclic amines) is 2. The Kier molecular flexibility index (Phi) is 5.46. The zero-order valence-corrected chi connectivity index (χ0v) is 11.3. The van der Waals surface area contributed by atoms with Crippen molar-refractivity contribution in [1.82, 2.24) is 9.80 Å². The fourth-order valence-corrected chi connectivity index (χ4v) is 3.16. The van der Waals surface area contributed by atoms with Gasteiger partial charge in [-0.25, -0.2) is 0 Å². The molecular formula is C13H26N2S. The molecule has 2 aliphatic rings. The standard InChI is InChI=1S/C13H26N2S/c16-11-3-8-14-9-4-13(5-10-14)12-15-6-1-2-7-15/h13,16H,1-12H2. The van der Waals surface area contributed by atoms with Crippen molar-refractivity contribution in [1.29, 1.82) is 0 Å². The molecule has 0 radical (unpaired) electrons. The number of hydrogen-bond acceptors (Lipinski definition) is 3. The van der Waals surface area contributed by atoms with Gasteiger partial charge in [-0.05, 0) is 76.5 Å². The number of thiol groups is 1. The molecule has 0 aromatic carbocycles. The topological polar surface area (TPSA) is 6.48 Å². The van der Waals surface area contributed by atoms with E-state index < -0.39 is 0 Å². The van der Waals surface area contributed by atoms with E-state index in [0.29, 0.717) is 0 Å². The highest BCUT2D eigenvalue weighted by molar-refractivity contribution is 7.80. The second kappa shape index (κ2) is 6.87. The van der Waals surface area contributed by atoms with Crippen LogP contribution in [0.4, 0.5) is 0 Å². The SMILES string of the molecule is SCCCN1CCC(CN2CCCC2)CC1. The van der Waals surface area contributed by atoms with Crippen molar-refractivity contribution in [2.45, 2.75) is 32.1 Å². The molecule has 0 aromatic heterocycles. The number of piperidine rings is 1. The van der Waals surface area contributed by atoms with Crippen molar-refractivity contribution in [2.75, 3.05) is 45.0 Å². The normalized spacial score (nSPS) is 25.3. The van der Waals surface area contributed by atoms with Crippen molar-refractivity contribution in [3.8, 4) is 0 Å². The van der Waals surface area contributed by atoms with Crippen LogP contribution in [0, 0.1) is 5.92 Å². The highest BCUT2D eigenvalue weighted by Crippen LogP contribution is 2.20. The monoisotopic (exact) mass is 242 g/mol. The van der Waals surface area contributed by atoms with Gasteiger partial charge in [-0.3, -0.25) is 0 Å². The Morgan fingerprint density at radius 2 is 1.62 bits per heavy atom. The van der Waals surface area contributed by atoms with Crippen LogP contribution in [0.15, 0.2) is 0 Å². The van der Waals surface area contributed by atoms with Crippen LogP contribution >= 0.6 is 12.6 Å². The summed E-state index contributed by atoms with van der Waals surface area (Å²) in [6.45, 7) is 8.01. The molecule has 0 amide bonds. The maximum absolute atomic E-state index is 4.28. The van der Waals surface area contributed by atoms with E-state index >= 15 is 0 Å². The van der Waals surface area contributed by atoms with Crippen LogP contribution in [-0.2, 0) is 0 Å². The molecule has 2 rings (SSSR count). The fraction of sp³-hybridized carbons (Fsp3) is 1.00. The predicted octanol–water partition coefficient (Wildman–Crippen LogP) is 2.11. The lowest BCUT2D eigenvalue weighted by atomic mass is 9.96. The van der Waals surface area contributed by atoms with Gasteiger partial charge in [0.1, 0.15) is 0 Å².